The quantitative estimate of drug-likeness (QED) is 0.454. The summed E-state index contributed by atoms with van der Waals surface area (Å²) in [4.78, 5) is 11.0. The number of hydrogen-bond acceptors (Lipinski definition) is 3. The zero-order chi connectivity index (χ0) is 11.4. The van der Waals surface area contributed by atoms with E-state index in [-0.39, 0.29) is 11.3 Å². The van der Waals surface area contributed by atoms with Crippen LogP contribution in [0.4, 0.5) is 0 Å². The number of benzene rings is 1. The monoisotopic (exact) mass is 201 g/mol. The summed E-state index contributed by atoms with van der Waals surface area (Å²) in [6.45, 7) is 3.17. The molecule has 0 saturated carbocycles. The van der Waals surface area contributed by atoms with E-state index in [4.69, 9.17) is 5.26 Å². The fraction of sp³-hybridized carbons (Fsp3) is 0.167. The van der Waals surface area contributed by atoms with Gasteiger partial charge in [-0.2, -0.15) is 5.26 Å². The smallest absolute Gasteiger partial charge is 0.174 e. The second-order valence-electron chi connectivity index (χ2n) is 3.26. The van der Waals surface area contributed by atoms with Crippen molar-refractivity contribution in [1.82, 2.24) is 0 Å². The molecule has 0 amide bonds. The largest absolute Gasteiger partial charge is 0.506 e. The van der Waals surface area contributed by atoms with Crippen LogP contribution in [0.2, 0.25) is 0 Å². The van der Waals surface area contributed by atoms with E-state index < -0.39 is 5.78 Å². The van der Waals surface area contributed by atoms with Gasteiger partial charge in [-0.3, -0.25) is 4.79 Å². The number of hydrogen-bond donors (Lipinski definition) is 1. The summed E-state index contributed by atoms with van der Waals surface area (Å²) in [5.74, 6) is -0.694. The van der Waals surface area contributed by atoms with E-state index >= 15 is 0 Å². The zero-order valence-corrected chi connectivity index (χ0v) is 8.61. The van der Waals surface area contributed by atoms with E-state index in [9.17, 15) is 9.90 Å². The number of aliphatic hydroxyl groups excluding tert-OH is 1. The van der Waals surface area contributed by atoms with Crippen LogP contribution in [-0.2, 0) is 4.79 Å². The molecule has 0 aliphatic heterocycles. The molecule has 3 heteroatoms. The highest BCUT2D eigenvalue weighted by atomic mass is 16.3. The standard InChI is InChI=1S/C12H11NO2/c1-8-3-5-10(6-4-8)12(15)11(7-13)9(2)14/h3-6,15H,1-2H3/b12-11-. The minimum atomic E-state index is -0.435. The number of carbonyl (C=O) groups is 1. The number of carbonyl (C=O) groups excluding carboxylic acids is 1. The topological polar surface area (TPSA) is 61.1 Å². The first-order valence-electron chi connectivity index (χ1n) is 4.47. The number of aryl methyl sites for hydroxylation is 1. The van der Waals surface area contributed by atoms with Gasteiger partial charge < -0.3 is 5.11 Å². The van der Waals surface area contributed by atoms with E-state index in [1.165, 1.54) is 6.92 Å². The first-order valence-corrected chi connectivity index (χ1v) is 4.47. The van der Waals surface area contributed by atoms with Gasteiger partial charge in [0, 0.05) is 12.5 Å². The second kappa shape index (κ2) is 4.43. The Morgan fingerprint density at radius 1 is 1.33 bits per heavy atom. The Morgan fingerprint density at radius 3 is 2.27 bits per heavy atom. The van der Waals surface area contributed by atoms with Gasteiger partial charge in [-0.05, 0) is 6.92 Å². The maximum Gasteiger partial charge on any atom is 0.174 e. The molecule has 15 heavy (non-hydrogen) atoms. The zero-order valence-electron chi connectivity index (χ0n) is 8.61. The lowest BCUT2D eigenvalue weighted by molar-refractivity contribution is -0.113. The molecule has 0 aliphatic carbocycles. The second-order valence-corrected chi connectivity index (χ2v) is 3.26. The minimum Gasteiger partial charge on any atom is -0.506 e. The summed E-state index contributed by atoms with van der Waals surface area (Å²) >= 11 is 0. The minimum absolute atomic E-state index is 0.209. The van der Waals surface area contributed by atoms with Crippen molar-refractivity contribution >= 4 is 11.5 Å². The fourth-order valence-corrected chi connectivity index (χ4v) is 1.15. The third-order valence-electron chi connectivity index (χ3n) is 2.03. The van der Waals surface area contributed by atoms with E-state index in [0.717, 1.165) is 5.56 Å². The van der Waals surface area contributed by atoms with Crippen LogP contribution in [0.3, 0.4) is 0 Å². The molecule has 0 fully saturated rings. The number of nitrogens with zero attached hydrogens (tertiary/aromatic N) is 1. The lowest BCUT2D eigenvalue weighted by Crippen LogP contribution is -1.98. The molecular formula is C12H11NO2. The summed E-state index contributed by atoms with van der Waals surface area (Å²) in [6, 6.07) is 8.65. The van der Waals surface area contributed by atoms with Crippen molar-refractivity contribution in [1.29, 1.82) is 5.26 Å². The molecule has 0 unspecified atom stereocenters. The van der Waals surface area contributed by atoms with Crippen LogP contribution in [0.1, 0.15) is 18.1 Å². The number of rotatable bonds is 2. The highest BCUT2D eigenvalue weighted by Crippen LogP contribution is 2.16. The highest BCUT2D eigenvalue weighted by molar-refractivity contribution is 6.03. The number of allylic oxidation sites excluding steroid dienone is 1. The number of Topliss-reactive ketones (excluding diaryl/α,β-unsaturated/α-hetero) is 1. The van der Waals surface area contributed by atoms with Crippen molar-refractivity contribution in [3.05, 3.63) is 41.0 Å². The normalized spacial score (nSPS) is 11.5. The van der Waals surface area contributed by atoms with E-state index in [1.54, 1.807) is 30.3 Å². The van der Waals surface area contributed by atoms with Crippen LogP contribution in [0.15, 0.2) is 29.8 Å². The van der Waals surface area contributed by atoms with Gasteiger partial charge in [-0.1, -0.05) is 29.8 Å². The average Bonchev–Trinajstić information content (AvgIpc) is 2.19. The van der Waals surface area contributed by atoms with Crippen molar-refractivity contribution < 1.29 is 9.90 Å². The van der Waals surface area contributed by atoms with Gasteiger partial charge in [-0.15, -0.1) is 0 Å². The Balaban J connectivity index is 3.24. The van der Waals surface area contributed by atoms with Crippen molar-refractivity contribution in [2.45, 2.75) is 13.8 Å². The molecule has 1 aromatic carbocycles. The SMILES string of the molecule is CC(=O)/C(C#N)=C(\O)c1ccc(C)cc1. The molecule has 0 aliphatic rings. The van der Waals surface area contributed by atoms with Gasteiger partial charge in [0.25, 0.3) is 0 Å². The lowest BCUT2D eigenvalue weighted by Gasteiger charge is -2.02. The first kappa shape index (κ1) is 11.0. The maximum atomic E-state index is 11.0. The average molecular weight is 201 g/mol. The highest BCUT2D eigenvalue weighted by Gasteiger charge is 2.11. The molecule has 0 saturated heterocycles. The van der Waals surface area contributed by atoms with Crippen molar-refractivity contribution in [3.63, 3.8) is 0 Å². The van der Waals surface area contributed by atoms with E-state index in [0.29, 0.717) is 5.56 Å². The molecule has 0 spiro atoms. The molecule has 0 bridgehead atoms. The molecule has 0 heterocycles. The molecule has 0 aromatic heterocycles. The van der Waals surface area contributed by atoms with Gasteiger partial charge in [0.1, 0.15) is 17.4 Å². The summed E-state index contributed by atoms with van der Waals surface area (Å²) in [5.41, 5.74) is 1.32. The number of nitriles is 1. The Bertz CT molecular complexity index is 450. The Morgan fingerprint density at radius 2 is 1.87 bits per heavy atom. The first-order chi connectivity index (χ1) is 7.06. The fourth-order valence-electron chi connectivity index (χ4n) is 1.15. The van der Waals surface area contributed by atoms with Crippen LogP contribution >= 0.6 is 0 Å². The van der Waals surface area contributed by atoms with Gasteiger partial charge >= 0.3 is 0 Å². The van der Waals surface area contributed by atoms with Crippen LogP contribution in [0.25, 0.3) is 5.76 Å². The van der Waals surface area contributed by atoms with Crippen molar-refractivity contribution in [2.24, 2.45) is 0 Å². The van der Waals surface area contributed by atoms with Gasteiger partial charge in [-0.25, -0.2) is 0 Å². The van der Waals surface area contributed by atoms with Gasteiger partial charge in [0.15, 0.2) is 5.78 Å². The Labute approximate surface area is 88.3 Å². The molecule has 1 aromatic rings. The Hall–Kier alpha value is -2.08. The van der Waals surface area contributed by atoms with Crippen LogP contribution in [0.5, 0.6) is 0 Å². The van der Waals surface area contributed by atoms with Crippen LogP contribution in [-0.4, -0.2) is 10.9 Å². The molecule has 1 rings (SSSR count). The predicted octanol–water partition coefficient (Wildman–Crippen LogP) is 2.38. The summed E-state index contributed by atoms with van der Waals surface area (Å²) in [6.07, 6.45) is 0. The molecular weight excluding hydrogens is 190 g/mol. The summed E-state index contributed by atoms with van der Waals surface area (Å²) in [5, 5.41) is 18.4. The van der Waals surface area contributed by atoms with Gasteiger partial charge in [0.2, 0.25) is 0 Å². The summed E-state index contributed by atoms with van der Waals surface area (Å²) in [7, 11) is 0. The molecule has 0 radical (unpaired) electrons. The molecule has 1 N–H and O–H groups in total. The molecule has 76 valence electrons. The van der Waals surface area contributed by atoms with E-state index in [2.05, 4.69) is 0 Å². The number of ketones is 1. The van der Waals surface area contributed by atoms with Gasteiger partial charge in [0.05, 0.1) is 0 Å². The number of aliphatic hydroxyl groups is 1. The third-order valence-corrected chi connectivity index (χ3v) is 2.03. The van der Waals surface area contributed by atoms with Crippen molar-refractivity contribution in [2.75, 3.05) is 0 Å². The lowest BCUT2D eigenvalue weighted by atomic mass is 10.1. The maximum absolute atomic E-state index is 11.0. The summed E-state index contributed by atoms with van der Waals surface area (Å²) < 4.78 is 0. The molecule has 0 atom stereocenters. The predicted molar refractivity (Wildman–Crippen MR) is 57.0 cm³/mol. The Kier molecular flexibility index (Phi) is 3.25. The third kappa shape index (κ3) is 2.44. The van der Waals surface area contributed by atoms with Crippen molar-refractivity contribution in [3.8, 4) is 6.07 Å². The van der Waals surface area contributed by atoms with E-state index in [1.807, 2.05) is 6.92 Å². The molecule has 3 nitrogen and oxygen atoms in total. The van der Waals surface area contributed by atoms with Crippen LogP contribution in [0, 0.1) is 18.3 Å². The van der Waals surface area contributed by atoms with Crippen LogP contribution < -0.4 is 0 Å².